The van der Waals surface area contributed by atoms with Crippen LogP contribution in [0.25, 0.3) is 0 Å². The van der Waals surface area contributed by atoms with E-state index >= 15 is 0 Å². The van der Waals surface area contributed by atoms with Crippen molar-refractivity contribution in [1.82, 2.24) is 0 Å². The van der Waals surface area contributed by atoms with Crippen LogP contribution in [-0.4, -0.2) is 45.4 Å². The average molecular weight is 324 g/mol. The molecule has 0 unspecified atom stereocenters. The number of hydrogen-bond donors (Lipinski definition) is 0. The topological polar surface area (TPSA) is 176 Å². The molecular formula is HAlCuNNiO8S+3. The Balaban J connectivity index is -0.0000000146. The van der Waals surface area contributed by atoms with Crippen molar-refractivity contribution in [2.24, 2.45) is 0 Å². The Morgan fingerprint density at radius 3 is 1.08 bits per heavy atom. The normalized spacial score (nSPS) is 6.31. The Hall–Kier alpha value is 0.575. The van der Waals surface area contributed by atoms with E-state index < -0.39 is 15.5 Å². The molecule has 0 aliphatic rings. The molecule has 0 aliphatic carbocycles. The van der Waals surface area contributed by atoms with E-state index in [2.05, 4.69) is 0 Å². The number of hydrogen-bond acceptors (Lipinski definition) is 8. The zero-order valence-electron chi connectivity index (χ0n) is 5.36. The quantitative estimate of drug-likeness (QED) is 0.159. The van der Waals surface area contributed by atoms with E-state index in [9.17, 15) is 0 Å². The molecule has 0 saturated carbocycles. The second kappa shape index (κ2) is 18.4. The molecule has 9 nitrogen and oxygen atoms in total. The predicted octanol–water partition coefficient (Wildman–Crippen LogP) is -2.14. The van der Waals surface area contributed by atoms with Crippen molar-refractivity contribution < 1.29 is 61.6 Å². The SMILES string of the molecule is O=S(=O)([O-])[O-].O=[N+]([O-])[O-].[Al+3].[Cu+2].[Ni+2].[OH-]. The Morgan fingerprint density at radius 1 is 1.08 bits per heavy atom. The molecule has 13 heteroatoms. The zero-order valence-corrected chi connectivity index (χ0v) is 9.26. The third-order valence-electron chi connectivity index (χ3n) is 0. The molecule has 0 spiro atoms. The van der Waals surface area contributed by atoms with E-state index in [0.717, 1.165) is 0 Å². The van der Waals surface area contributed by atoms with Crippen LogP contribution in [-0.2, 0) is 44.0 Å². The summed E-state index contributed by atoms with van der Waals surface area (Å²) in [5, 5.41) is 14.8. The van der Waals surface area contributed by atoms with Crippen molar-refractivity contribution in [2.45, 2.75) is 0 Å². The van der Waals surface area contributed by atoms with Crippen LogP contribution in [0.1, 0.15) is 0 Å². The van der Waals surface area contributed by atoms with Gasteiger partial charge in [0.2, 0.25) is 0 Å². The van der Waals surface area contributed by atoms with Crippen molar-refractivity contribution in [3.63, 3.8) is 0 Å². The number of rotatable bonds is 0. The maximum absolute atomic E-state index is 8.52. The van der Waals surface area contributed by atoms with Crippen LogP contribution in [0.15, 0.2) is 0 Å². The van der Waals surface area contributed by atoms with Crippen molar-refractivity contribution >= 4 is 27.8 Å². The Morgan fingerprint density at radius 2 is 1.08 bits per heavy atom. The smallest absolute Gasteiger partial charge is 0.870 e. The summed E-state index contributed by atoms with van der Waals surface area (Å²) in [6.45, 7) is 0. The van der Waals surface area contributed by atoms with Gasteiger partial charge in [-0.05, 0) is 0 Å². The maximum Gasteiger partial charge on any atom is 3.00 e. The molecule has 0 heterocycles. The summed E-state index contributed by atoms with van der Waals surface area (Å²) in [5.74, 6) is 0. The van der Waals surface area contributed by atoms with E-state index in [1.807, 2.05) is 0 Å². The van der Waals surface area contributed by atoms with Crippen molar-refractivity contribution in [3.05, 3.63) is 15.3 Å². The molecule has 0 fully saturated rings. The monoisotopic (exact) mass is 323 g/mol. The summed E-state index contributed by atoms with van der Waals surface area (Å²) in [6, 6.07) is 0. The molecule has 13 heavy (non-hydrogen) atoms. The van der Waals surface area contributed by atoms with Gasteiger partial charge < -0.3 is 29.9 Å². The summed E-state index contributed by atoms with van der Waals surface area (Å²) in [5.41, 5.74) is 0. The summed E-state index contributed by atoms with van der Waals surface area (Å²) < 4.78 is 34.1. The van der Waals surface area contributed by atoms with Gasteiger partial charge in [-0.1, -0.05) is 0 Å². The van der Waals surface area contributed by atoms with Gasteiger partial charge in [-0.15, -0.1) is 0 Å². The molecule has 0 aromatic carbocycles. The van der Waals surface area contributed by atoms with Gasteiger partial charge in [0, 0.05) is 10.4 Å². The van der Waals surface area contributed by atoms with Gasteiger partial charge in [-0.2, -0.15) is 0 Å². The van der Waals surface area contributed by atoms with Crippen LogP contribution < -0.4 is 0 Å². The van der Waals surface area contributed by atoms with Crippen molar-refractivity contribution in [1.29, 1.82) is 0 Å². The first-order valence-electron chi connectivity index (χ1n) is 1.21. The Labute approximate surface area is 104 Å². The fraction of sp³-hybridized carbons (Fsp3) is 0. The molecule has 0 aliphatic heterocycles. The standard InChI is InChI=1S/Al.Cu.NO3.Ni.H2O4S.H2O/c;;2-1(3)4;;1-5(2,3)4;/h;;;;(H2,1,2,3,4);1H2/q+3;+2;-1;+2;;/p-3. The molecular weight excluding hydrogens is 323 g/mol. The second-order valence-corrected chi connectivity index (χ2v) is 1.45. The molecule has 0 rings (SSSR count). The van der Waals surface area contributed by atoms with Crippen molar-refractivity contribution in [3.8, 4) is 0 Å². The van der Waals surface area contributed by atoms with Gasteiger partial charge in [-0.25, -0.2) is 0 Å². The van der Waals surface area contributed by atoms with Crippen LogP contribution in [0, 0.1) is 15.3 Å². The van der Waals surface area contributed by atoms with Gasteiger partial charge in [0.05, 0.1) is 5.09 Å². The van der Waals surface area contributed by atoms with E-state index in [0.29, 0.717) is 0 Å². The summed E-state index contributed by atoms with van der Waals surface area (Å²) in [4.78, 5) is 8.25. The molecule has 81 valence electrons. The molecule has 1 N–H and O–H groups in total. The third kappa shape index (κ3) is 4250. The predicted molar refractivity (Wildman–Crippen MR) is 28.5 cm³/mol. The minimum atomic E-state index is -5.17. The third-order valence-corrected chi connectivity index (χ3v) is 0. The van der Waals surface area contributed by atoms with E-state index in [1.54, 1.807) is 0 Å². The molecule has 0 aromatic heterocycles. The van der Waals surface area contributed by atoms with Gasteiger partial charge in [0.25, 0.3) is 0 Å². The minimum Gasteiger partial charge on any atom is -0.870 e. The Bertz CT molecular complexity index is 167. The molecule has 0 amide bonds. The summed E-state index contributed by atoms with van der Waals surface area (Å²) >= 11 is 0. The van der Waals surface area contributed by atoms with Crippen molar-refractivity contribution in [2.75, 3.05) is 0 Å². The first-order chi connectivity index (χ1) is 3.73. The van der Waals surface area contributed by atoms with E-state index in [1.165, 1.54) is 0 Å². The molecule has 0 aromatic rings. The second-order valence-electron chi connectivity index (χ2n) is 0.632. The van der Waals surface area contributed by atoms with Crippen LogP contribution in [0.4, 0.5) is 0 Å². The molecule has 0 bridgehead atoms. The molecule has 0 atom stereocenters. The van der Waals surface area contributed by atoms with Gasteiger partial charge >= 0.3 is 50.9 Å². The Kier molecular flexibility index (Phi) is 52.9. The zero-order chi connectivity index (χ0) is 8.08. The summed E-state index contributed by atoms with van der Waals surface area (Å²) in [7, 11) is -5.17. The van der Waals surface area contributed by atoms with Crippen LogP contribution >= 0.6 is 0 Å². The average Bonchev–Trinajstić information content (AvgIpc) is 1.19. The largest absolute Gasteiger partial charge is 3.00 e. The maximum atomic E-state index is 8.52. The first kappa shape index (κ1) is 37.4. The van der Waals surface area contributed by atoms with E-state index in [4.69, 9.17) is 32.8 Å². The molecule has 1 radical (unpaired) electrons. The van der Waals surface area contributed by atoms with Crippen LogP contribution in [0.2, 0.25) is 0 Å². The van der Waals surface area contributed by atoms with Crippen LogP contribution in [0.5, 0.6) is 0 Å². The van der Waals surface area contributed by atoms with Gasteiger partial charge in [0.1, 0.15) is 0 Å². The van der Waals surface area contributed by atoms with Crippen LogP contribution in [0.3, 0.4) is 0 Å². The fourth-order valence-electron chi connectivity index (χ4n) is 0. The first-order valence-corrected chi connectivity index (χ1v) is 2.55. The fourth-order valence-corrected chi connectivity index (χ4v) is 0. The summed E-state index contributed by atoms with van der Waals surface area (Å²) in [6.07, 6.45) is 0. The minimum absolute atomic E-state index is 0. The van der Waals surface area contributed by atoms with Gasteiger partial charge in [0.15, 0.2) is 0 Å². The van der Waals surface area contributed by atoms with E-state index in [-0.39, 0.29) is 56.4 Å². The van der Waals surface area contributed by atoms with Gasteiger partial charge in [-0.3, -0.25) is 8.42 Å². The number of nitrogens with zero attached hydrogens (tertiary/aromatic N) is 1. The molecule has 0 saturated heterocycles.